The maximum Gasteiger partial charge on any atom is 0.132 e. The number of nitrogen functional groups attached to an aromatic ring is 1. The van der Waals surface area contributed by atoms with Gasteiger partial charge in [0.15, 0.2) is 0 Å². The van der Waals surface area contributed by atoms with Gasteiger partial charge in [0.1, 0.15) is 11.6 Å². The number of rotatable bonds is 4. The smallest absolute Gasteiger partial charge is 0.132 e. The highest BCUT2D eigenvalue weighted by molar-refractivity contribution is 5.60. The summed E-state index contributed by atoms with van der Waals surface area (Å²) in [6.45, 7) is 0.899. The highest BCUT2D eigenvalue weighted by Crippen LogP contribution is 2.17. The Morgan fingerprint density at radius 1 is 1.33 bits per heavy atom. The van der Waals surface area contributed by atoms with Crippen LogP contribution in [0.5, 0.6) is 0 Å². The maximum atomic E-state index is 5.82. The van der Waals surface area contributed by atoms with Crippen LogP contribution in [0.1, 0.15) is 5.82 Å². The monoisotopic (exact) mass is 246 g/mol. The summed E-state index contributed by atoms with van der Waals surface area (Å²) in [6, 6.07) is 1.77. The third kappa shape index (κ3) is 3.04. The molecule has 0 amide bonds. The van der Waals surface area contributed by atoms with E-state index in [1.54, 1.807) is 16.9 Å². The molecular formula is C12H18N6. The van der Waals surface area contributed by atoms with Crippen molar-refractivity contribution in [3.05, 3.63) is 24.3 Å². The molecule has 2 heterocycles. The highest BCUT2D eigenvalue weighted by atomic mass is 15.2. The Morgan fingerprint density at radius 3 is 2.72 bits per heavy atom. The van der Waals surface area contributed by atoms with Gasteiger partial charge in [-0.2, -0.15) is 5.10 Å². The van der Waals surface area contributed by atoms with Gasteiger partial charge >= 0.3 is 0 Å². The van der Waals surface area contributed by atoms with Gasteiger partial charge in [-0.05, 0) is 14.1 Å². The molecule has 2 rings (SSSR count). The van der Waals surface area contributed by atoms with Crippen molar-refractivity contribution in [3.63, 3.8) is 0 Å². The van der Waals surface area contributed by atoms with Gasteiger partial charge in [0, 0.05) is 37.8 Å². The molecule has 6 nitrogen and oxygen atoms in total. The number of aryl methyl sites for hydroxylation is 1. The molecule has 0 aliphatic rings. The zero-order chi connectivity index (χ0) is 13.1. The van der Waals surface area contributed by atoms with E-state index in [0.717, 1.165) is 30.0 Å². The summed E-state index contributed by atoms with van der Waals surface area (Å²) in [5.41, 5.74) is 7.60. The van der Waals surface area contributed by atoms with Gasteiger partial charge in [0.2, 0.25) is 0 Å². The van der Waals surface area contributed by atoms with Gasteiger partial charge in [-0.15, -0.1) is 0 Å². The van der Waals surface area contributed by atoms with Crippen molar-refractivity contribution in [2.24, 2.45) is 7.05 Å². The summed E-state index contributed by atoms with van der Waals surface area (Å²) in [6.07, 6.45) is 4.47. The van der Waals surface area contributed by atoms with Crippen LogP contribution < -0.4 is 5.73 Å². The van der Waals surface area contributed by atoms with E-state index in [9.17, 15) is 0 Å². The summed E-state index contributed by atoms with van der Waals surface area (Å²) in [7, 11) is 5.92. The van der Waals surface area contributed by atoms with Crippen molar-refractivity contribution in [2.75, 3.05) is 26.4 Å². The first-order chi connectivity index (χ1) is 8.54. The van der Waals surface area contributed by atoms with Crippen molar-refractivity contribution >= 4 is 5.82 Å². The van der Waals surface area contributed by atoms with Gasteiger partial charge in [-0.3, -0.25) is 4.68 Å². The van der Waals surface area contributed by atoms with E-state index in [4.69, 9.17) is 5.73 Å². The van der Waals surface area contributed by atoms with Gasteiger partial charge in [0.05, 0.1) is 11.9 Å². The average molecular weight is 246 g/mol. The molecule has 0 aromatic carbocycles. The van der Waals surface area contributed by atoms with Gasteiger partial charge in [0.25, 0.3) is 0 Å². The average Bonchev–Trinajstić information content (AvgIpc) is 2.72. The number of likely N-dealkylation sites (N-methyl/N-ethyl adjacent to an activating group) is 1. The number of nitrogens with two attached hydrogens (primary N) is 1. The third-order valence-electron chi connectivity index (χ3n) is 2.58. The van der Waals surface area contributed by atoms with Crippen LogP contribution in [0, 0.1) is 0 Å². The molecule has 18 heavy (non-hydrogen) atoms. The Morgan fingerprint density at radius 2 is 2.11 bits per heavy atom. The number of hydrogen-bond acceptors (Lipinski definition) is 5. The molecule has 0 aliphatic heterocycles. The van der Waals surface area contributed by atoms with Crippen LogP contribution in [0.2, 0.25) is 0 Å². The van der Waals surface area contributed by atoms with Crippen LogP contribution in [-0.2, 0) is 13.5 Å². The lowest BCUT2D eigenvalue weighted by Crippen LogP contribution is -2.16. The van der Waals surface area contributed by atoms with E-state index in [-0.39, 0.29) is 0 Å². The number of nitrogens with zero attached hydrogens (tertiary/aromatic N) is 5. The third-order valence-corrected chi connectivity index (χ3v) is 2.58. The zero-order valence-electron chi connectivity index (χ0n) is 11.0. The van der Waals surface area contributed by atoms with Crippen molar-refractivity contribution in [3.8, 4) is 11.3 Å². The van der Waals surface area contributed by atoms with E-state index in [2.05, 4.69) is 20.0 Å². The van der Waals surface area contributed by atoms with E-state index in [0.29, 0.717) is 5.82 Å². The molecule has 0 atom stereocenters. The lowest BCUT2D eigenvalue weighted by Gasteiger charge is -2.09. The fourth-order valence-corrected chi connectivity index (χ4v) is 1.65. The second kappa shape index (κ2) is 5.14. The van der Waals surface area contributed by atoms with Gasteiger partial charge < -0.3 is 10.6 Å². The van der Waals surface area contributed by atoms with Crippen molar-refractivity contribution in [1.29, 1.82) is 0 Å². The van der Waals surface area contributed by atoms with E-state index in [1.807, 2.05) is 27.3 Å². The highest BCUT2D eigenvalue weighted by Gasteiger charge is 2.07. The molecule has 2 aromatic heterocycles. The van der Waals surface area contributed by atoms with E-state index >= 15 is 0 Å². The summed E-state index contributed by atoms with van der Waals surface area (Å²) < 4.78 is 1.74. The number of hydrogen-bond donors (Lipinski definition) is 1. The summed E-state index contributed by atoms with van der Waals surface area (Å²) >= 11 is 0. The minimum absolute atomic E-state index is 0.498. The van der Waals surface area contributed by atoms with E-state index in [1.165, 1.54) is 0 Å². The zero-order valence-corrected chi connectivity index (χ0v) is 11.0. The molecule has 0 spiro atoms. The standard InChI is InChI=1S/C12H18N6/c1-17(2)5-4-12-15-10(6-11(13)16-12)9-7-14-18(3)8-9/h6-8H,4-5H2,1-3H3,(H2,13,15,16). The van der Waals surface area contributed by atoms with Crippen LogP contribution in [0.25, 0.3) is 11.3 Å². The Balaban J connectivity index is 2.26. The Bertz CT molecular complexity index is 531. The number of anilines is 1. The van der Waals surface area contributed by atoms with Crippen molar-refractivity contribution < 1.29 is 0 Å². The topological polar surface area (TPSA) is 72.9 Å². The molecule has 0 fully saturated rings. The normalized spacial score (nSPS) is 11.1. The second-order valence-electron chi connectivity index (χ2n) is 4.55. The van der Waals surface area contributed by atoms with Crippen LogP contribution >= 0.6 is 0 Å². The second-order valence-corrected chi connectivity index (χ2v) is 4.55. The fourth-order valence-electron chi connectivity index (χ4n) is 1.65. The van der Waals surface area contributed by atoms with Crippen LogP contribution in [0.3, 0.4) is 0 Å². The first kappa shape index (κ1) is 12.5. The molecule has 2 aromatic rings. The SMILES string of the molecule is CN(C)CCc1nc(N)cc(-c2cnn(C)c2)n1. The fraction of sp³-hybridized carbons (Fsp3) is 0.417. The largest absolute Gasteiger partial charge is 0.384 e. The first-order valence-corrected chi connectivity index (χ1v) is 5.82. The minimum Gasteiger partial charge on any atom is -0.384 e. The minimum atomic E-state index is 0.498. The van der Waals surface area contributed by atoms with Gasteiger partial charge in [-0.1, -0.05) is 0 Å². The Hall–Kier alpha value is -1.95. The first-order valence-electron chi connectivity index (χ1n) is 5.82. The van der Waals surface area contributed by atoms with Crippen LogP contribution in [0.15, 0.2) is 18.5 Å². The summed E-state index contributed by atoms with van der Waals surface area (Å²) in [5.74, 6) is 1.26. The Labute approximate surface area is 106 Å². The molecule has 0 bridgehead atoms. The van der Waals surface area contributed by atoms with Crippen LogP contribution in [-0.4, -0.2) is 45.3 Å². The molecule has 0 radical (unpaired) electrons. The van der Waals surface area contributed by atoms with E-state index < -0.39 is 0 Å². The summed E-state index contributed by atoms with van der Waals surface area (Å²) in [4.78, 5) is 10.9. The van der Waals surface area contributed by atoms with Gasteiger partial charge in [-0.25, -0.2) is 9.97 Å². The quantitative estimate of drug-likeness (QED) is 0.853. The predicted molar refractivity (Wildman–Crippen MR) is 70.9 cm³/mol. The van der Waals surface area contributed by atoms with Crippen molar-refractivity contribution in [1.82, 2.24) is 24.6 Å². The molecule has 6 heteroatoms. The number of aromatic nitrogens is 4. The maximum absolute atomic E-state index is 5.82. The molecule has 0 saturated carbocycles. The molecule has 96 valence electrons. The lowest BCUT2D eigenvalue weighted by atomic mass is 10.2. The van der Waals surface area contributed by atoms with Crippen molar-refractivity contribution in [2.45, 2.75) is 6.42 Å². The summed E-state index contributed by atoms with van der Waals surface area (Å²) in [5, 5.41) is 4.13. The molecule has 0 saturated heterocycles. The lowest BCUT2D eigenvalue weighted by molar-refractivity contribution is 0.409. The molecule has 0 aliphatic carbocycles. The molecule has 2 N–H and O–H groups in total. The Kier molecular flexibility index (Phi) is 3.57. The predicted octanol–water partition coefficient (Wildman–Crippen LogP) is 0.563. The molecular weight excluding hydrogens is 228 g/mol. The van der Waals surface area contributed by atoms with Crippen LogP contribution in [0.4, 0.5) is 5.82 Å². The molecule has 0 unspecified atom stereocenters.